The highest BCUT2D eigenvalue weighted by Crippen LogP contribution is 2.31. The summed E-state index contributed by atoms with van der Waals surface area (Å²) in [6, 6.07) is 12.5. The molecule has 0 radical (unpaired) electrons. The van der Waals surface area contributed by atoms with Gasteiger partial charge in [-0.3, -0.25) is 9.59 Å². The summed E-state index contributed by atoms with van der Waals surface area (Å²) in [4.78, 5) is 31.5. The van der Waals surface area contributed by atoms with Crippen molar-refractivity contribution in [1.82, 2.24) is 9.97 Å². The summed E-state index contributed by atoms with van der Waals surface area (Å²) in [5.41, 5.74) is 2.05. The van der Waals surface area contributed by atoms with E-state index in [0.29, 0.717) is 33.1 Å². The molecular formula is C23H18ClFN4O3. The van der Waals surface area contributed by atoms with Crippen molar-refractivity contribution < 1.29 is 18.7 Å². The zero-order valence-electron chi connectivity index (χ0n) is 16.9. The molecule has 4 rings (SSSR count). The van der Waals surface area contributed by atoms with Gasteiger partial charge < -0.3 is 20.4 Å². The first-order valence-electron chi connectivity index (χ1n) is 9.65. The van der Waals surface area contributed by atoms with Crippen molar-refractivity contribution >= 4 is 45.8 Å². The van der Waals surface area contributed by atoms with Gasteiger partial charge in [-0.15, -0.1) is 0 Å². The number of carbonyl (C=O) groups is 2. The molecule has 4 aromatic rings. The molecule has 0 bridgehead atoms. The molecule has 0 aliphatic heterocycles. The number of rotatable bonds is 6. The van der Waals surface area contributed by atoms with E-state index < -0.39 is 24.1 Å². The molecule has 162 valence electrons. The second-order valence-electron chi connectivity index (χ2n) is 6.98. The number of aromatic nitrogens is 2. The van der Waals surface area contributed by atoms with Gasteiger partial charge in [-0.25, -0.2) is 9.37 Å². The van der Waals surface area contributed by atoms with Crippen LogP contribution in [0.1, 0.15) is 12.0 Å². The average molecular weight is 453 g/mol. The van der Waals surface area contributed by atoms with Crippen LogP contribution in [0.2, 0.25) is 5.02 Å². The van der Waals surface area contributed by atoms with Crippen molar-refractivity contribution in [1.29, 1.82) is 0 Å². The molecule has 9 heteroatoms. The number of halogens is 2. The first-order chi connectivity index (χ1) is 15.4. The number of ether oxygens (including phenoxy) is 1. The van der Waals surface area contributed by atoms with Crippen LogP contribution in [0.25, 0.3) is 11.0 Å². The van der Waals surface area contributed by atoms with Gasteiger partial charge in [-0.2, -0.15) is 0 Å². The van der Waals surface area contributed by atoms with Crippen molar-refractivity contribution in [2.45, 2.75) is 13.3 Å². The molecule has 0 atom stereocenters. The van der Waals surface area contributed by atoms with E-state index in [9.17, 15) is 14.0 Å². The summed E-state index contributed by atoms with van der Waals surface area (Å²) < 4.78 is 20.2. The highest BCUT2D eigenvalue weighted by Gasteiger charge is 2.14. The Hall–Kier alpha value is -3.91. The molecule has 2 aromatic carbocycles. The molecule has 0 saturated heterocycles. The topological polar surface area (TPSA) is 96.1 Å². The first-order valence-corrected chi connectivity index (χ1v) is 10.0. The number of hydrogen-bond acceptors (Lipinski definition) is 4. The molecular weight excluding hydrogens is 435 g/mol. The Kier molecular flexibility index (Phi) is 6.04. The lowest BCUT2D eigenvalue weighted by molar-refractivity contribution is -0.123. The second-order valence-corrected chi connectivity index (χ2v) is 7.39. The van der Waals surface area contributed by atoms with Crippen LogP contribution in [0.3, 0.4) is 0 Å². The number of aromatic amines is 1. The van der Waals surface area contributed by atoms with Crippen LogP contribution in [-0.4, -0.2) is 21.8 Å². The van der Waals surface area contributed by atoms with E-state index in [1.54, 1.807) is 49.6 Å². The number of hydrogen-bond donors (Lipinski definition) is 3. The number of amides is 2. The molecule has 32 heavy (non-hydrogen) atoms. The van der Waals surface area contributed by atoms with Gasteiger partial charge in [0.1, 0.15) is 17.8 Å². The fraction of sp³-hybridized carbons (Fsp3) is 0.0870. The standard InChI is InChI=1S/C23H18ClFN4O3/c1-13-16(24)3-2-4-18(13)29-22(31)12-21(30)28-14-5-6-20(17(25)11-14)32-19-8-10-27-23-15(19)7-9-26-23/h2-11H,12H2,1H3,(H,26,27)(H,28,30)(H,29,31). The minimum Gasteiger partial charge on any atom is -0.453 e. The predicted molar refractivity (Wildman–Crippen MR) is 121 cm³/mol. The lowest BCUT2D eigenvalue weighted by atomic mass is 10.2. The highest BCUT2D eigenvalue weighted by molar-refractivity contribution is 6.31. The number of nitrogens with zero attached hydrogens (tertiary/aromatic N) is 1. The number of nitrogens with one attached hydrogen (secondary N) is 3. The zero-order valence-corrected chi connectivity index (χ0v) is 17.7. The maximum absolute atomic E-state index is 14.6. The predicted octanol–water partition coefficient (Wildman–Crippen LogP) is 5.42. The molecule has 2 heterocycles. The Bertz CT molecular complexity index is 1320. The summed E-state index contributed by atoms with van der Waals surface area (Å²) in [5.74, 6) is -1.33. The normalized spacial score (nSPS) is 10.7. The number of carbonyl (C=O) groups excluding carboxylic acids is 2. The van der Waals surface area contributed by atoms with Gasteiger partial charge in [-0.05, 0) is 48.9 Å². The van der Waals surface area contributed by atoms with Crippen molar-refractivity contribution in [3.05, 3.63) is 77.3 Å². The van der Waals surface area contributed by atoms with Gasteiger partial charge in [0.25, 0.3) is 0 Å². The van der Waals surface area contributed by atoms with Gasteiger partial charge in [-0.1, -0.05) is 17.7 Å². The maximum Gasteiger partial charge on any atom is 0.233 e. The number of H-pyrrole nitrogens is 1. The monoisotopic (exact) mass is 452 g/mol. The first kappa shape index (κ1) is 21.3. The van der Waals surface area contributed by atoms with Crippen molar-refractivity contribution in [3.8, 4) is 11.5 Å². The van der Waals surface area contributed by atoms with Gasteiger partial charge in [0.05, 0.1) is 5.39 Å². The highest BCUT2D eigenvalue weighted by atomic mass is 35.5. The SMILES string of the molecule is Cc1c(Cl)cccc1NC(=O)CC(=O)Nc1ccc(Oc2ccnc3[nH]ccc23)c(F)c1. The molecule has 3 N–H and O–H groups in total. The molecule has 0 saturated carbocycles. The molecule has 0 aliphatic rings. The molecule has 2 amide bonds. The third kappa shape index (κ3) is 4.70. The van der Waals surface area contributed by atoms with Crippen LogP contribution in [0, 0.1) is 12.7 Å². The number of benzene rings is 2. The summed E-state index contributed by atoms with van der Waals surface area (Å²) >= 11 is 6.03. The molecule has 2 aromatic heterocycles. The lowest BCUT2D eigenvalue weighted by Crippen LogP contribution is -2.21. The molecule has 0 unspecified atom stereocenters. The van der Waals surface area contributed by atoms with Crippen LogP contribution in [0.15, 0.2) is 60.9 Å². The van der Waals surface area contributed by atoms with E-state index >= 15 is 0 Å². The van der Waals surface area contributed by atoms with E-state index in [0.717, 1.165) is 6.07 Å². The van der Waals surface area contributed by atoms with Crippen molar-refractivity contribution in [2.24, 2.45) is 0 Å². The van der Waals surface area contributed by atoms with Gasteiger partial charge in [0.2, 0.25) is 11.8 Å². The molecule has 7 nitrogen and oxygen atoms in total. The third-order valence-corrected chi connectivity index (χ3v) is 5.13. The Labute approximate surface area is 187 Å². The second kappa shape index (κ2) is 9.07. The van der Waals surface area contributed by atoms with Crippen molar-refractivity contribution in [2.75, 3.05) is 10.6 Å². The quantitative estimate of drug-likeness (QED) is 0.340. The molecule has 0 aliphatic carbocycles. The zero-order chi connectivity index (χ0) is 22.7. The molecule has 0 fully saturated rings. The van der Waals surface area contributed by atoms with E-state index in [-0.39, 0.29) is 11.4 Å². The Morgan fingerprint density at radius 3 is 2.72 bits per heavy atom. The minimum atomic E-state index is -0.665. The van der Waals surface area contributed by atoms with E-state index in [2.05, 4.69) is 20.6 Å². The Morgan fingerprint density at radius 1 is 1.09 bits per heavy atom. The summed E-state index contributed by atoms with van der Waals surface area (Å²) in [7, 11) is 0. The number of pyridine rings is 1. The largest absolute Gasteiger partial charge is 0.453 e. The minimum absolute atomic E-state index is 0.00845. The molecule has 0 spiro atoms. The summed E-state index contributed by atoms with van der Waals surface area (Å²) in [6.45, 7) is 1.76. The van der Waals surface area contributed by atoms with Crippen LogP contribution in [-0.2, 0) is 9.59 Å². The fourth-order valence-electron chi connectivity index (χ4n) is 3.09. The van der Waals surface area contributed by atoms with Gasteiger partial charge in [0, 0.05) is 34.9 Å². The summed E-state index contributed by atoms with van der Waals surface area (Å²) in [6.07, 6.45) is 2.83. The van der Waals surface area contributed by atoms with Gasteiger partial charge >= 0.3 is 0 Å². The fourth-order valence-corrected chi connectivity index (χ4v) is 3.27. The van der Waals surface area contributed by atoms with Crippen LogP contribution in [0.4, 0.5) is 15.8 Å². The summed E-state index contributed by atoms with van der Waals surface area (Å²) in [5, 5.41) is 6.37. The number of fused-ring (bicyclic) bond motifs is 1. The van der Waals surface area contributed by atoms with Crippen molar-refractivity contribution in [3.63, 3.8) is 0 Å². The smallest absolute Gasteiger partial charge is 0.233 e. The number of anilines is 2. The Morgan fingerprint density at radius 2 is 1.91 bits per heavy atom. The van der Waals surface area contributed by atoms with Crippen LogP contribution < -0.4 is 15.4 Å². The maximum atomic E-state index is 14.6. The van der Waals surface area contributed by atoms with Crippen LogP contribution in [0.5, 0.6) is 11.5 Å². The van der Waals surface area contributed by atoms with E-state index in [1.807, 2.05) is 0 Å². The Balaban J connectivity index is 1.39. The lowest BCUT2D eigenvalue weighted by Gasteiger charge is -2.11. The van der Waals surface area contributed by atoms with E-state index in [4.69, 9.17) is 16.3 Å². The van der Waals surface area contributed by atoms with Gasteiger partial charge in [0.15, 0.2) is 11.6 Å². The third-order valence-electron chi connectivity index (χ3n) is 4.72. The van der Waals surface area contributed by atoms with E-state index in [1.165, 1.54) is 12.1 Å². The average Bonchev–Trinajstić information content (AvgIpc) is 3.23. The van der Waals surface area contributed by atoms with Crippen LogP contribution >= 0.6 is 11.6 Å².